The number of fused-ring (bicyclic) bond motifs is 2. The molecule has 10 heteroatoms. The van der Waals surface area contributed by atoms with Gasteiger partial charge in [-0.15, -0.1) is 0 Å². The Morgan fingerprint density at radius 3 is 2.18 bits per heavy atom. The first-order chi connectivity index (χ1) is 21.1. The molecule has 4 rings (SSSR count). The van der Waals surface area contributed by atoms with Crippen LogP contribution in [0.5, 0.6) is 0 Å². The fourth-order valence-corrected chi connectivity index (χ4v) is 5.50. The lowest BCUT2D eigenvalue weighted by molar-refractivity contribution is 0.196. The highest BCUT2D eigenvalue weighted by molar-refractivity contribution is 7.80. The molecule has 0 bridgehead atoms. The smallest absolute Gasteiger partial charge is 0.456 e. The van der Waals surface area contributed by atoms with Crippen LogP contribution in [0.3, 0.4) is 0 Å². The predicted molar refractivity (Wildman–Crippen MR) is 188 cm³/mol. The van der Waals surface area contributed by atoms with Crippen molar-refractivity contribution >= 4 is 41.6 Å². The third-order valence-electron chi connectivity index (χ3n) is 7.26. The summed E-state index contributed by atoms with van der Waals surface area (Å²) in [7, 11) is -2.78. The Hall–Kier alpha value is -2.91. The second-order valence-electron chi connectivity index (χ2n) is 9.87. The van der Waals surface area contributed by atoms with Gasteiger partial charge in [-0.3, -0.25) is 4.52 Å². The molecular formula is C34H49N3O5PS+. The summed E-state index contributed by atoms with van der Waals surface area (Å²) < 4.78 is 23.3. The number of nitrogens with zero attached hydrogens (tertiary/aromatic N) is 2. The summed E-state index contributed by atoms with van der Waals surface area (Å²) in [4.78, 5) is 19.9. The van der Waals surface area contributed by atoms with Crippen molar-refractivity contribution in [1.82, 2.24) is 4.58 Å². The zero-order chi connectivity index (χ0) is 32.7. The molecule has 0 saturated carbocycles. The minimum atomic E-state index is -4.28. The topological polar surface area (TPSA) is 112 Å². The number of phosphoric ester groups is 1. The van der Waals surface area contributed by atoms with Crippen molar-refractivity contribution in [2.24, 2.45) is 5.73 Å². The van der Waals surface area contributed by atoms with Crippen molar-refractivity contribution in [3.63, 3.8) is 0 Å². The van der Waals surface area contributed by atoms with Crippen LogP contribution in [0, 0.1) is 0 Å². The summed E-state index contributed by atoms with van der Waals surface area (Å²) >= 11 is 4.91. The lowest BCUT2D eigenvalue weighted by Gasteiger charge is -2.22. The maximum atomic E-state index is 10.2. The molecule has 0 aromatic heterocycles. The van der Waals surface area contributed by atoms with Crippen LogP contribution in [0.25, 0.3) is 33.4 Å². The average Bonchev–Trinajstić information content (AvgIpc) is 3.04. The molecule has 0 fully saturated rings. The highest BCUT2D eigenvalue weighted by atomic mass is 32.1. The third-order valence-corrected chi connectivity index (χ3v) is 8.27. The lowest BCUT2D eigenvalue weighted by Crippen LogP contribution is -2.29. The van der Waals surface area contributed by atoms with E-state index in [4.69, 9.17) is 26.4 Å². The number of thiocarbonyl (C=S) groups is 1. The first-order valence-corrected chi connectivity index (χ1v) is 17.3. The van der Waals surface area contributed by atoms with Crippen molar-refractivity contribution in [2.45, 2.75) is 53.9 Å². The van der Waals surface area contributed by atoms with E-state index in [1.165, 1.54) is 29.2 Å². The fourth-order valence-electron chi connectivity index (χ4n) is 4.98. The van der Waals surface area contributed by atoms with Crippen LogP contribution in [0.4, 0.5) is 5.69 Å². The largest absolute Gasteiger partial charge is 0.469 e. The fraction of sp³-hybridized carbons (Fsp3) is 0.412. The molecule has 0 amide bonds. The van der Waals surface area contributed by atoms with Gasteiger partial charge in [-0.1, -0.05) is 49.5 Å². The summed E-state index contributed by atoms with van der Waals surface area (Å²) in [5.41, 5.74) is 10.2. The van der Waals surface area contributed by atoms with E-state index in [0.29, 0.717) is 12.8 Å². The molecule has 0 spiro atoms. The van der Waals surface area contributed by atoms with Crippen LogP contribution in [0.2, 0.25) is 0 Å². The zero-order valence-corrected chi connectivity index (χ0v) is 28.7. The first-order valence-electron chi connectivity index (χ1n) is 15.3. The number of phosphoric acid groups is 1. The van der Waals surface area contributed by atoms with Crippen LogP contribution >= 0.6 is 20.0 Å². The van der Waals surface area contributed by atoms with Gasteiger partial charge in [0.25, 0.3) is 0 Å². The van der Waals surface area contributed by atoms with Gasteiger partial charge in [0, 0.05) is 47.4 Å². The standard InChI is InChI=1S/C27H31N2O.C6H13O4PS.CH5N/c1-5-28(6-2)21-14-16-23-25(18-21)30-26-19-22(29(7-3)8-4)15-17-24(26)27(23)20-12-10-9-11-13-20;1-2-6(12)4-3-5-10-11(7,8)9;1-2/h9-19H,5-8H2,1-4H3;2-5H2,1H3,(H2,7,8,9);2H2,1H3/q+1;;. The summed E-state index contributed by atoms with van der Waals surface area (Å²) in [6, 6.07) is 23.9. The van der Waals surface area contributed by atoms with Crippen molar-refractivity contribution in [3.8, 4) is 22.5 Å². The highest BCUT2D eigenvalue weighted by Crippen LogP contribution is 2.40. The Labute approximate surface area is 267 Å². The van der Waals surface area contributed by atoms with Gasteiger partial charge < -0.3 is 24.8 Å². The average molecular weight is 643 g/mol. The second-order valence-corrected chi connectivity index (χ2v) is 11.7. The van der Waals surface area contributed by atoms with Gasteiger partial charge in [-0.05, 0) is 82.6 Å². The molecule has 8 nitrogen and oxygen atoms in total. The molecule has 0 saturated heterocycles. The quantitative estimate of drug-likeness (QED) is 0.0494. The molecule has 2 aliphatic rings. The van der Waals surface area contributed by atoms with E-state index >= 15 is 0 Å². The van der Waals surface area contributed by atoms with E-state index in [1.807, 2.05) is 6.92 Å². The molecule has 0 radical (unpaired) electrons. The summed E-state index contributed by atoms with van der Waals surface area (Å²) in [6.45, 7) is 14.7. The summed E-state index contributed by atoms with van der Waals surface area (Å²) in [5, 5.41) is 2.36. The molecule has 2 aromatic rings. The summed E-state index contributed by atoms with van der Waals surface area (Å²) in [6.07, 6.45) is 2.08. The maximum absolute atomic E-state index is 10.2. The predicted octanol–water partition coefficient (Wildman–Crippen LogP) is 7.09. The first kappa shape index (κ1) is 37.3. The van der Waals surface area contributed by atoms with Crippen LogP contribution in [-0.2, 0) is 9.09 Å². The molecule has 1 aliphatic heterocycles. The Morgan fingerprint density at radius 1 is 0.955 bits per heavy atom. The lowest BCUT2D eigenvalue weighted by atomic mass is 9.93. The van der Waals surface area contributed by atoms with Crippen molar-refractivity contribution in [1.29, 1.82) is 0 Å². The van der Waals surface area contributed by atoms with E-state index in [0.717, 1.165) is 59.8 Å². The van der Waals surface area contributed by atoms with Gasteiger partial charge in [0.1, 0.15) is 24.4 Å². The van der Waals surface area contributed by atoms with E-state index in [1.54, 1.807) is 0 Å². The molecule has 240 valence electrons. The molecule has 0 unspecified atom stereocenters. The molecule has 0 atom stereocenters. The van der Waals surface area contributed by atoms with Crippen LogP contribution < -0.4 is 20.6 Å². The zero-order valence-electron chi connectivity index (χ0n) is 27.0. The normalized spacial score (nSPS) is 10.9. The Kier molecular flexibility index (Phi) is 15.9. The molecule has 2 aromatic carbocycles. The molecule has 1 aliphatic carbocycles. The monoisotopic (exact) mass is 642 g/mol. The number of anilines is 1. The molecular weight excluding hydrogens is 593 g/mol. The highest BCUT2D eigenvalue weighted by Gasteiger charge is 2.19. The third kappa shape index (κ3) is 10.6. The Balaban J connectivity index is 0.000000409. The van der Waals surface area contributed by atoms with Crippen molar-refractivity contribution in [2.75, 3.05) is 44.7 Å². The number of nitrogens with two attached hydrogens (primary N) is 1. The van der Waals surface area contributed by atoms with Gasteiger partial charge in [0.2, 0.25) is 5.36 Å². The number of benzene rings is 3. The van der Waals surface area contributed by atoms with Gasteiger partial charge in [-0.25, -0.2) is 9.14 Å². The van der Waals surface area contributed by atoms with E-state index in [9.17, 15) is 4.57 Å². The van der Waals surface area contributed by atoms with Gasteiger partial charge in [-0.2, -0.15) is 0 Å². The molecule has 4 N–H and O–H groups in total. The van der Waals surface area contributed by atoms with Crippen LogP contribution in [-0.4, -0.2) is 54.5 Å². The summed E-state index contributed by atoms with van der Waals surface area (Å²) in [5.74, 6) is 0.933. The van der Waals surface area contributed by atoms with Gasteiger partial charge in [0.15, 0.2) is 0 Å². The Morgan fingerprint density at radius 2 is 1.61 bits per heavy atom. The maximum Gasteiger partial charge on any atom is 0.469 e. The molecule has 44 heavy (non-hydrogen) atoms. The molecule has 1 heterocycles. The van der Waals surface area contributed by atoms with E-state index < -0.39 is 7.82 Å². The number of rotatable bonds is 12. The Bertz CT molecular complexity index is 1540. The van der Waals surface area contributed by atoms with E-state index in [2.05, 4.69) is 114 Å². The SMILES string of the molecule is CCC(=S)CCCOP(=O)(O)O.CCN(CC)c1ccc2c(-c3ccccc3)c3ccc(=[N+](CC)CC)cc-3oc2c1.CN. The second kappa shape index (κ2) is 18.8. The minimum absolute atomic E-state index is 0.0599. The number of hydrogen-bond acceptors (Lipinski definition) is 6. The van der Waals surface area contributed by atoms with Crippen molar-refractivity contribution in [3.05, 3.63) is 72.1 Å². The van der Waals surface area contributed by atoms with Gasteiger partial charge in [0.05, 0.1) is 12.7 Å². The minimum Gasteiger partial charge on any atom is -0.456 e. The van der Waals surface area contributed by atoms with Crippen LogP contribution in [0.15, 0.2) is 71.1 Å². The van der Waals surface area contributed by atoms with Crippen molar-refractivity contribution < 1.29 is 23.3 Å². The van der Waals surface area contributed by atoms with Gasteiger partial charge >= 0.3 is 7.82 Å². The van der Waals surface area contributed by atoms with Crippen LogP contribution in [0.1, 0.15) is 53.9 Å². The van der Waals surface area contributed by atoms with E-state index in [-0.39, 0.29) is 6.61 Å². The number of hydrogen-bond donors (Lipinski definition) is 3.